The van der Waals surface area contributed by atoms with Gasteiger partial charge >= 0.3 is 6.18 Å². The highest BCUT2D eigenvalue weighted by Gasteiger charge is 2.33. The third kappa shape index (κ3) is 5.74. The van der Waals surface area contributed by atoms with E-state index in [4.69, 9.17) is 22.0 Å². The van der Waals surface area contributed by atoms with Gasteiger partial charge < -0.3 is 15.7 Å². The second kappa shape index (κ2) is 9.26. The lowest BCUT2D eigenvalue weighted by Crippen LogP contribution is -2.17. The third-order valence-electron chi connectivity index (χ3n) is 3.65. The lowest BCUT2D eigenvalue weighted by Gasteiger charge is -2.11. The molecule has 0 unspecified atom stereocenters. The summed E-state index contributed by atoms with van der Waals surface area (Å²) in [5.74, 6) is -0.860. The van der Waals surface area contributed by atoms with Gasteiger partial charge in [-0.3, -0.25) is 4.79 Å². The smallest absolute Gasteiger partial charge is 0.392 e. The Balaban J connectivity index is 2.04. The topological polar surface area (TPSA) is 85.2 Å². The van der Waals surface area contributed by atoms with Crippen molar-refractivity contribution in [3.8, 4) is 6.07 Å². The summed E-state index contributed by atoms with van der Waals surface area (Å²) in [6.07, 6.45) is -3.49. The Morgan fingerprint density at radius 3 is 2.39 bits per heavy atom. The van der Waals surface area contributed by atoms with E-state index in [1.54, 1.807) is 30.3 Å². The van der Waals surface area contributed by atoms with Crippen LogP contribution in [0, 0.1) is 11.3 Å². The number of aliphatic hydroxyl groups excluding tert-OH is 1. The highest BCUT2D eigenvalue weighted by Crippen LogP contribution is 2.36. The Morgan fingerprint density at radius 1 is 1.18 bits per heavy atom. The van der Waals surface area contributed by atoms with E-state index in [9.17, 15) is 18.0 Å². The number of anilines is 1. The maximum atomic E-state index is 12.9. The number of carbonyl (C=O) groups is 1. The molecule has 0 saturated heterocycles. The van der Waals surface area contributed by atoms with Crippen molar-refractivity contribution in [3.05, 3.63) is 76.0 Å². The average Bonchev–Trinajstić information content (AvgIpc) is 2.66. The molecule has 0 aliphatic heterocycles. The maximum absolute atomic E-state index is 12.9. The Labute approximate surface area is 164 Å². The summed E-state index contributed by atoms with van der Waals surface area (Å²) in [6, 6.07) is 11.6. The second-order valence-electron chi connectivity index (χ2n) is 5.67. The van der Waals surface area contributed by atoms with Crippen molar-refractivity contribution in [2.75, 3.05) is 5.32 Å². The van der Waals surface area contributed by atoms with Crippen molar-refractivity contribution in [1.82, 2.24) is 5.32 Å². The van der Waals surface area contributed by atoms with Gasteiger partial charge in [-0.2, -0.15) is 18.4 Å². The number of carbonyl (C=O) groups excluding carboxylic acids is 1. The highest BCUT2D eigenvalue weighted by atomic mass is 35.5. The van der Waals surface area contributed by atoms with Crippen molar-refractivity contribution in [3.63, 3.8) is 0 Å². The molecule has 28 heavy (non-hydrogen) atoms. The van der Waals surface area contributed by atoms with Crippen LogP contribution in [-0.4, -0.2) is 11.0 Å². The molecular formula is C19H15ClF3N3O2. The molecule has 0 spiro atoms. The number of nitrogens with one attached hydrogen (secondary N) is 2. The summed E-state index contributed by atoms with van der Waals surface area (Å²) >= 11 is 5.53. The number of halogens is 4. The summed E-state index contributed by atoms with van der Waals surface area (Å²) < 4.78 is 38.6. The largest absolute Gasteiger partial charge is 0.417 e. The molecule has 0 aromatic heterocycles. The minimum Gasteiger partial charge on any atom is -0.392 e. The SMILES string of the molecule is N#C/C(=C/NCc1ccc(CO)cc1)C(=O)Nc1ccc(Cl)c(C(F)(F)F)c1. The number of nitrogens with zero attached hydrogens (tertiary/aromatic N) is 1. The van der Waals surface area contributed by atoms with Crippen LogP contribution in [0.2, 0.25) is 5.02 Å². The fraction of sp³-hybridized carbons (Fsp3) is 0.158. The zero-order valence-electron chi connectivity index (χ0n) is 14.3. The van der Waals surface area contributed by atoms with Gasteiger partial charge in [0.1, 0.15) is 11.6 Å². The van der Waals surface area contributed by atoms with Crippen LogP contribution in [0.5, 0.6) is 0 Å². The number of benzene rings is 2. The van der Waals surface area contributed by atoms with E-state index in [-0.39, 0.29) is 17.9 Å². The molecule has 0 heterocycles. The van der Waals surface area contributed by atoms with Crippen LogP contribution in [0.4, 0.5) is 18.9 Å². The summed E-state index contributed by atoms with van der Waals surface area (Å²) in [7, 11) is 0. The van der Waals surface area contributed by atoms with Crippen molar-refractivity contribution < 1.29 is 23.1 Å². The van der Waals surface area contributed by atoms with E-state index in [2.05, 4.69) is 10.6 Å². The quantitative estimate of drug-likeness (QED) is 0.497. The first-order valence-electron chi connectivity index (χ1n) is 7.95. The molecule has 0 fully saturated rings. The summed E-state index contributed by atoms with van der Waals surface area (Å²) in [5, 5.41) is 22.7. The number of hydrogen-bond acceptors (Lipinski definition) is 4. The molecule has 0 bridgehead atoms. The highest BCUT2D eigenvalue weighted by molar-refractivity contribution is 6.31. The van der Waals surface area contributed by atoms with Crippen molar-refractivity contribution >= 4 is 23.2 Å². The fourth-order valence-corrected chi connectivity index (χ4v) is 2.43. The van der Waals surface area contributed by atoms with Gasteiger partial charge in [0.2, 0.25) is 0 Å². The van der Waals surface area contributed by atoms with E-state index in [0.717, 1.165) is 17.2 Å². The Kier molecular flexibility index (Phi) is 7.04. The van der Waals surface area contributed by atoms with Crippen LogP contribution in [0.3, 0.4) is 0 Å². The number of rotatable bonds is 6. The molecule has 9 heteroatoms. The number of amides is 1. The maximum Gasteiger partial charge on any atom is 0.417 e. The zero-order valence-corrected chi connectivity index (χ0v) is 15.1. The van der Waals surface area contributed by atoms with Crippen molar-refractivity contribution in [2.24, 2.45) is 0 Å². The fourth-order valence-electron chi connectivity index (χ4n) is 2.20. The van der Waals surface area contributed by atoms with Crippen LogP contribution < -0.4 is 10.6 Å². The van der Waals surface area contributed by atoms with E-state index >= 15 is 0 Å². The van der Waals surface area contributed by atoms with Crippen LogP contribution in [0.15, 0.2) is 54.2 Å². The number of alkyl halides is 3. The zero-order chi connectivity index (χ0) is 20.7. The normalized spacial score (nSPS) is 11.6. The van der Waals surface area contributed by atoms with Gasteiger partial charge in [-0.25, -0.2) is 0 Å². The molecule has 0 radical (unpaired) electrons. The average molecular weight is 410 g/mol. The van der Waals surface area contributed by atoms with Gasteiger partial charge in [0, 0.05) is 18.4 Å². The first-order valence-corrected chi connectivity index (χ1v) is 8.33. The predicted octanol–water partition coefficient (Wildman–Crippen LogP) is 3.99. The van der Waals surface area contributed by atoms with E-state index in [1.807, 2.05) is 0 Å². The molecule has 2 rings (SSSR count). The number of hydrogen-bond donors (Lipinski definition) is 3. The molecule has 146 valence electrons. The Morgan fingerprint density at radius 2 is 1.82 bits per heavy atom. The van der Waals surface area contributed by atoms with Crippen molar-refractivity contribution in [2.45, 2.75) is 19.3 Å². The third-order valence-corrected chi connectivity index (χ3v) is 3.98. The van der Waals surface area contributed by atoms with Gasteiger partial charge in [0.15, 0.2) is 0 Å². The molecule has 3 N–H and O–H groups in total. The van der Waals surface area contributed by atoms with Crippen molar-refractivity contribution in [1.29, 1.82) is 5.26 Å². The monoisotopic (exact) mass is 409 g/mol. The second-order valence-corrected chi connectivity index (χ2v) is 6.08. The minimum absolute atomic E-state index is 0.0763. The first-order chi connectivity index (χ1) is 13.2. The van der Waals surface area contributed by atoms with Gasteiger partial charge in [-0.1, -0.05) is 35.9 Å². The standard InChI is InChI=1S/C19H15ClF3N3O2/c20-17-6-5-15(7-16(17)19(21,22)23)26-18(28)14(8-24)10-25-9-12-1-3-13(11-27)4-2-12/h1-7,10,25,27H,9,11H2,(H,26,28)/b14-10-. The number of nitriles is 1. The summed E-state index contributed by atoms with van der Waals surface area (Å²) in [6.45, 7) is 0.233. The first kappa shape index (κ1) is 21.3. The summed E-state index contributed by atoms with van der Waals surface area (Å²) in [4.78, 5) is 12.1. The van der Waals surface area contributed by atoms with Crippen LogP contribution in [0.1, 0.15) is 16.7 Å². The van der Waals surface area contributed by atoms with E-state index < -0.39 is 22.7 Å². The molecular weight excluding hydrogens is 395 g/mol. The molecule has 2 aromatic rings. The molecule has 5 nitrogen and oxygen atoms in total. The lowest BCUT2D eigenvalue weighted by atomic mass is 10.1. The molecule has 0 saturated carbocycles. The van der Waals surface area contributed by atoms with E-state index in [1.165, 1.54) is 12.3 Å². The predicted molar refractivity (Wildman–Crippen MR) is 98.0 cm³/mol. The summed E-state index contributed by atoms with van der Waals surface area (Å²) in [5.41, 5.74) is 0.0631. The van der Waals surface area contributed by atoms with Crippen LogP contribution >= 0.6 is 11.6 Å². The van der Waals surface area contributed by atoms with Gasteiger partial charge in [0.05, 0.1) is 17.2 Å². The van der Waals surface area contributed by atoms with Gasteiger partial charge in [0.25, 0.3) is 5.91 Å². The molecule has 0 aliphatic rings. The molecule has 0 atom stereocenters. The molecule has 1 amide bonds. The van der Waals surface area contributed by atoms with Gasteiger partial charge in [-0.05, 0) is 29.3 Å². The Bertz CT molecular complexity index is 920. The van der Waals surface area contributed by atoms with E-state index in [0.29, 0.717) is 12.6 Å². The Hall–Kier alpha value is -3.02. The minimum atomic E-state index is -4.67. The lowest BCUT2D eigenvalue weighted by molar-refractivity contribution is -0.137. The van der Waals surface area contributed by atoms with Gasteiger partial charge in [-0.15, -0.1) is 0 Å². The van der Waals surface area contributed by atoms with Crippen LogP contribution in [0.25, 0.3) is 0 Å². The number of aliphatic hydroxyl groups is 1. The molecule has 0 aliphatic carbocycles. The van der Waals surface area contributed by atoms with Crippen LogP contribution in [-0.2, 0) is 24.1 Å². The molecule has 2 aromatic carbocycles.